The molecule has 0 radical (unpaired) electrons. The number of carbonyl (C=O) groups is 1. The van der Waals surface area contributed by atoms with Crippen molar-refractivity contribution in [1.82, 2.24) is 0 Å². The van der Waals surface area contributed by atoms with Crippen molar-refractivity contribution < 1.29 is 9.53 Å². The molecule has 2 aromatic rings. The van der Waals surface area contributed by atoms with Crippen molar-refractivity contribution in [2.45, 2.75) is 0 Å². The highest BCUT2D eigenvalue weighted by atomic mass is 35.5. The van der Waals surface area contributed by atoms with E-state index >= 15 is 0 Å². The van der Waals surface area contributed by atoms with Crippen molar-refractivity contribution in [3.63, 3.8) is 0 Å². The molecule has 0 fully saturated rings. The van der Waals surface area contributed by atoms with Crippen LogP contribution in [0.1, 0.15) is 0 Å². The van der Waals surface area contributed by atoms with Gasteiger partial charge in [-0.1, -0.05) is 29.3 Å². The summed E-state index contributed by atoms with van der Waals surface area (Å²) in [6.07, 6.45) is 0. The number of benzene rings is 2. The zero-order valence-electron chi connectivity index (χ0n) is 11.3. The molecule has 0 atom stereocenters. The lowest BCUT2D eigenvalue weighted by atomic mass is 10.3. The summed E-state index contributed by atoms with van der Waals surface area (Å²) in [5, 5.41) is 6.79. The van der Waals surface area contributed by atoms with Gasteiger partial charge in [-0.05, 0) is 36.4 Å². The summed E-state index contributed by atoms with van der Waals surface area (Å²) >= 11 is 11.9. The number of rotatable bonds is 5. The molecule has 0 aliphatic rings. The van der Waals surface area contributed by atoms with E-state index in [0.717, 1.165) is 5.69 Å². The van der Waals surface area contributed by atoms with Gasteiger partial charge in [0.2, 0.25) is 5.91 Å². The molecular weight excluding hydrogens is 311 g/mol. The van der Waals surface area contributed by atoms with E-state index in [2.05, 4.69) is 10.6 Å². The molecular formula is C15H14Cl2N2O2. The van der Waals surface area contributed by atoms with Crippen LogP contribution in [0.3, 0.4) is 0 Å². The van der Waals surface area contributed by atoms with Crippen LogP contribution >= 0.6 is 23.2 Å². The molecule has 0 heterocycles. The maximum Gasteiger partial charge on any atom is 0.243 e. The molecule has 0 spiro atoms. The molecule has 0 aliphatic heterocycles. The summed E-state index contributed by atoms with van der Waals surface area (Å²) in [5.41, 5.74) is 1.39. The van der Waals surface area contributed by atoms with Crippen molar-refractivity contribution in [3.05, 3.63) is 52.5 Å². The van der Waals surface area contributed by atoms with E-state index in [1.807, 2.05) is 12.1 Å². The van der Waals surface area contributed by atoms with Crippen LogP contribution in [0.2, 0.25) is 10.0 Å². The standard InChI is InChI=1S/C15H14Cl2N2O2/c1-21-14-6-5-12(8-13(14)17)19-15(20)9-18-11-4-2-3-10(16)7-11/h2-8,18H,9H2,1H3,(H,19,20). The highest BCUT2D eigenvalue weighted by Gasteiger charge is 2.05. The normalized spacial score (nSPS) is 10.0. The van der Waals surface area contributed by atoms with Crippen molar-refractivity contribution >= 4 is 40.5 Å². The number of nitrogens with one attached hydrogen (secondary N) is 2. The van der Waals surface area contributed by atoms with Gasteiger partial charge in [-0.3, -0.25) is 4.79 Å². The van der Waals surface area contributed by atoms with Crippen molar-refractivity contribution in [3.8, 4) is 5.75 Å². The van der Waals surface area contributed by atoms with Gasteiger partial charge in [0.05, 0.1) is 18.7 Å². The first-order chi connectivity index (χ1) is 10.1. The lowest BCUT2D eigenvalue weighted by Crippen LogP contribution is -2.21. The van der Waals surface area contributed by atoms with Crippen molar-refractivity contribution in [2.75, 3.05) is 24.3 Å². The highest BCUT2D eigenvalue weighted by molar-refractivity contribution is 6.32. The summed E-state index contributed by atoms with van der Waals surface area (Å²) in [4.78, 5) is 11.9. The molecule has 2 rings (SSSR count). The van der Waals surface area contributed by atoms with Crippen molar-refractivity contribution in [2.24, 2.45) is 0 Å². The van der Waals surface area contributed by atoms with Crippen LogP contribution in [0.4, 0.5) is 11.4 Å². The average molecular weight is 325 g/mol. The Morgan fingerprint density at radius 3 is 2.62 bits per heavy atom. The monoisotopic (exact) mass is 324 g/mol. The van der Waals surface area contributed by atoms with E-state index in [0.29, 0.717) is 21.5 Å². The zero-order valence-corrected chi connectivity index (χ0v) is 12.8. The predicted molar refractivity (Wildman–Crippen MR) is 86.6 cm³/mol. The van der Waals surface area contributed by atoms with E-state index in [-0.39, 0.29) is 12.5 Å². The Labute approximate surface area is 133 Å². The fourth-order valence-electron chi connectivity index (χ4n) is 1.73. The molecule has 110 valence electrons. The van der Waals surface area contributed by atoms with E-state index in [1.165, 1.54) is 7.11 Å². The summed E-state index contributed by atoms with van der Waals surface area (Å²) in [6, 6.07) is 12.2. The third-order valence-electron chi connectivity index (χ3n) is 2.71. The molecule has 1 amide bonds. The van der Waals surface area contributed by atoms with Crippen LogP contribution in [-0.2, 0) is 4.79 Å². The molecule has 0 bridgehead atoms. The first-order valence-electron chi connectivity index (χ1n) is 6.21. The smallest absolute Gasteiger partial charge is 0.243 e. The number of hydrogen-bond acceptors (Lipinski definition) is 3. The Balaban J connectivity index is 1.91. The summed E-state index contributed by atoms with van der Waals surface area (Å²) in [5.74, 6) is 0.378. The number of carbonyl (C=O) groups excluding carboxylic acids is 1. The molecule has 0 aliphatic carbocycles. The second-order valence-corrected chi connectivity index (χ2v) is 5.11. The van der Waals surface area contributed by atoms with Crippen LogP contribution in [0, 0.1) is 0 Å². The molecule has 6 heteroatoms. The molecule has 0 saturated carbocycles. The Morgan fingerprint density at radius 1 is 1.14 bits per heavy atom. The fraction of sp³-hybridized carbons (Fsp3) is 0.133. The quantitative estimate of drug-likeness (QED) is 0.872. The summed E-state index contributed by atoms with van der Waals surface area (Å²) in [7, 11) is 1.54. The zero-order chi connectivity index (χ0) is 15.2. The van der Waals surface area contributed by atoms with Gasteiger partial charge >= 0.3 is 0 Å². The van der Waals surface area contributed by atoms with E-state index in [1.54, 1.807) is 30.3 Å². The fourth-order valence-corrected chi connectivity index (χ4v) is 2.18. The second kappa shape index (κ2) is 7.20. The molecule has 0 unspecified atom stereocenters. The van der Waals surface area contributed by atoms with Crippen LogP contribution in [0.5, 0.6) is 5.75 Å². The minimum atomic E-state index is -0.184. The Kier molecular flexibility index (Phi) is 5.31. The maximum absolute atomic E-state index is 11.9. The van der Waals surface area contributed by atoms with E-state index < -0.39 is 0 Å². The van der Waals surface area contributed by atoms with Gasteiger partial charge in [-0.2, -0.15) is 0 Å². The van der Waals surface area contributed by atoms with Gasteiger partial charge in [0.1, 0.15) is 5.75 Å². The molecule has 0 aromatic heterocycles. The SMILES string of the molecule is COc1ccc(NC(=O)CNc2cccc(Cl)c2)cc1Cl. The molecule has 2 aromatic carbocycles. The molecule has 0 saturated heterocycles. The third kappa shape index (κ3) is 4.55. The van der Waals surface area contributed by atoms with Gasteiger partial charge in [0.25, 0.3) is 0 Å². The van der Waals surface area contributed by atoms with Crippen LogP contribution < -0.4 is 15.4 Å². The van der Waals surface area contributed by atoms with E-state index in [9.17, 15) is 4.79 Å². The number of anilines is 2. The summed E-state index contributed by atoms with van der Waals surface area (Å²) in [6.45, 7) is 0.129. The van der Waals surface area contributed by atoms with Crippen molar-refractivity contribution in [1.29, 1.82) is 0 Å². The average Bonchev–Trinajstić information content (AvgIpc) is 2.45. The number of halogens is 2. The van der Waals surface area contributed by atoms with Crippen LogP contribution in [0.25, 0.3) is 0 Å². The first kappa shape index (κ1) is 15.5. The van der Waals surface area contributed by atoms with Crippen LogP contribution in [0.15, 0.2) is 42.5 Å². The molecule has 2 N–H and O–H groups in total. The molecule has 21 heavy (non-hydrogen) atoms. The largest absolute Gasteiger partial charge is 0.495 e. The highest BCUT2D eigenvalue weighted by Crippen LogP contribution is 2.27. The lowest BCUT2D eigenvalue weighted by Gasteiger charge is -2.09. The number of hydrogen-bond donors (Lipinski definition) is 2. The third-order valence-corrected chi connectivity index (χ3v) is 3.24. The van der Waals surface area contributed by atoms with Crippen LogP contribution in [-0.4, -0.2) is 19.6 Å². The Bertz CT molecular complexity index is 647. The topological polar surface area (TPSA) is 50.4 Å². The summed E-state index contributed by atoms with van der Waals surface area (Å²) < 4.78 is 5.05. The van der Waals surface area contributed by atoms with Gasteiger partial charge in [0.15, 0.2) is 0 Å². The minimum Gasteiger partial charge on any atom is -0.495 e. The molecule has 4 nitrogen and oxygen atoms in total. The number of ether oxygens (including phenoxy) is 1. The number of amides is 1. The second-order valence-electron chi connectivity index (χ2n) is 4.26. The van der Waals surface area contributed by atoms with Gasteiger partial charge in [0, 0.05) is 16.4 Å². The maximum atomic E-state index is 11.9. The van der Waals surface area contributed by atoms with Gasteiger partial charge in [-0.25, -0.2) is 0 Å². The predicted octanol–water partition coefficient (Wildman–Crippen LogP) is 4.05. The lowest BCUT2D eigenvalue weighted by molar-refractivity contribution is -0.114. The van der Waals surface area contributed by atoms with E-state index in [4.69, 9.17) is 27.9 Å². The number of methoxy groups -OCH3 is 1. The van der Waals surface area contributed by atoms with Gasteiger partial charge in [-0.15, -0.1) is 0 Å². The Hall–Kier alpha value is -1.91. The van der Waals surface area contributed by atoms with Gasteiger partial charge < -0.3 is 15.4 Å². The Morgan fingerprint density at radius 2 is 1.95 bits per heavy atom. The minimum absolute atomic E-state index is 0.129. The first-order valence-corrected chi connectivity index (χ1v) is 6.97.